The van der Waals surface area contributed by atoms with E-state index in [4.69, 9.17) is 5.11 Å². The molecule has 2 rings (SSSR count). The third kappa shape index (κ3) is 3.87. The SMILES string of the molecule is CC(CCC(=O)O)NC(=O)N(C)CC1CC2CCC1C2. The first-order chi connectivity index (χ1) is 9.45. The minimum atomic E-state index is -0.818. The Morgan fingerprint density at radius 3 is 2.65 bits per heavy atom. The van der Waals surface area contributed by atoms with Crippen LogP contribution in [0.1, 0.15) is 45.4 Å². The monoisotopic (exact) mass is 282 g/mol. The molecule has 0 aromatic carbocycles. The molecule has 114 valence electrons. The Morgan fingerprint density at radius 2 is 2.10 bits per heavy atom. The fraction of sp³-hybridized carbons (Fsp3) is 0.867. The number of carbonyl (C=O) groups excluding carboxylic acids is 1. The largest absolute Gasteiger partial charge is 0.481 e. The minimum Gasteiger partial charge on any atom is -0.481 e. The molecule has 0 aliphatic heterocycles. The van der Waals surface area contributed by atoms with Gasteiger partial charge in [0.25, 0.3) is 0 Å². The summed E-state index contributed by atoms with van der Waals surface area (Å²) in [7, 11) is 1.84. The number of aliphatic carboxylic acids is 1. The van der Waals surface area contributed by atoms with E-state index in [2.05, 4.69) is 5.32 Å². The van der Waals surface area contributed by atoms with E-state index in [-0.39, 0.29) is 18.5 Å². The third-order valence-electron chi connectivity index (χ3n) is 4.90. The van der Waals surface area contributed by atoms with E-state index in [1.165, 1.54) is 25.7 Å². The Morgan fingerprint density at radius 1 is 1.35 bits per heavy atom. The molecule has 2 saturated carbocycles. The summed E-state index contributed by atoms with van der Waals surface area (Å²) in [5.74, 6) is 1.57. The van der Waals surface area contributed by atoms with E-state index in [9.17, 15) is 9.59 Å². The first-order valence-electron chi connectivity index (χ1n) is 7.69. The van der Waals surface area contributed by atoms with Gasteiger partial charge in [0.1, 0.15) is 0 Å². The molecule has 2 fully saturated rings. The van der Waals surface area contributed by atoms with Gasteiger partial charge in [-0.05, 0) is 50.4 Å². The standard InChI is InChI=1S/C15H26N2O3/c1-10(3-6-14(18)19)16-15(20)17(2)9-13-8-11-4-5-12(13)7-11/h10-13H,3-9H2,1-2H3,(H,16,20)(H,18,19). The van der Waals surface area contributed by atoms with Gasteiger partial charge in [-0.15, -0.1) is 0 Å². The lowest BCUT2D eigenvalue weighted by molar-refractivity contribution is -0.137. The van der Waals surface area contributed by atoms with Crippen LogP contribution in [0, 0.1) is 17.8 Å². The van der Waals surface area contributed by atoms with Gasteiger partial charge in [-0.1, -0.05) is 6.42 Å². The molecule has 20 heavy (non-hydrogen) atoms. The van der Waals surface area contributed by atoms with E-state index in [0.29, 0.717) is 12.3 Å². The maximum Gasteiger partial charge on any atom is 0.317 e. The zero-order chi connectivity index (χ0) is 14.7. The highest BCUT2D eigenvalue weighted by atomic mass is 16.4. The number of urea groups is 1. The zero-order valence-electron chi connectivity index (χ0n) is 12.5. The summed E-state index contributed by atoms with van der Waals surface area (Å²) in [5, 5.41) is 11.5. The van der Waals surface area contributed by atoms with Gasteiger partial charge >= 0.3 is 12.0 Å². The number of rotatable bonds is 6. The van der Waals surface area contributed by atoms with Gasteiger partial charge in [0.05, 0.1) is 0 Å². The van der Waals surface area contributed by atoms with Crippen molar-refractivity contribution in [1.29, 1.82) is 0 Å². The van der Waals surface area contributed by atoms with Crippen molar-refractivity contribution < 1.29 is 14.7 Å². The summed E-state index contributed by atoms with van der Waals surface area (Å²) in [6.45, 7) is 2.69. The molecular formula is C15H26N2O3. The Bertz CT molecular complexity index is 372. The second-order valence-electron chi connectivity index (χ2n) is 6.60. The maximum absolute atomic E-state index is 12.1. The Kier molecular flexibility index (Phi) is 4.89. The number of hydrogen-bond donors (Lipinski definition) is 2. The molecule has 0 aromatic rings. The summed E-state index contributed by atoms with van der Waals surface area (Å²) in [5.41, 5.74) is 0. The van der Waals surface area contributed by atoms with Crippen molar-refractivity contribution in [3.8, 4) is 0 Å². The summed E-state index contributed by atoms with van der Waals surface area (Å²) in [6, 6.07) is -0.174. The molecule has 2 amide bonds. The van der Waals surface area contributed by atoms with Crippen LogP contribution < -0.4 is 5.32 Å². The number of fused-ring (bicyclic) bond motifs is 2. The second kappa shape index (κ2) is 6.46. The summed E-state index contributed by atoms with van der Waals surface area (Å²) >= 11 is 0. The van der Waals surface area contributed by atoms with Gasteiger partial charge in [0.2, 0.25) is 0 Å². The lowest BCUT2D eigenvalue weighted by Gasteiger charge is -2.28. The Hall–Kier alpha value is -1.26. The number of amides is 2. The lowest BCUT2D eigenvalue weighted by Crippen LogP contribution is -2.44. The Balaban J connectivity index is 1.70. The molecule has 2 aliphatic rings. The van der Waals surface area contributed by atoms with Crippen LogP contribution in [0.5, 0.6) is 0 Å². The van der Waals surface area contributed by atoms with Gasteiger partial charge in [-0.25, -0.2) is 4.79 Å². The lowest BCUT2D eigenvalue weighted by atomic mass is 9.88. The van der Waals surface area contributed by atoms with Gasteiger partial charge in [-0.2, -0.15) is 0 Å². The van der Waals surface area contributed by atoms with Crippen LogP contribution in [0.2, 0.25) is 0 Å². The predicted molar refractivity (Wildman–Crippen MR) is 76.4 cm³/mol. The van der Waals surface area contributed by atoms with Crippen LogP contribution in [0.15, 0.2) is 0 Å². The molecule has 0 heterocycles. The maximum atomic E-state index is 12.1. The predicted octanol–water partition coefficient (Wildman–Crippen LogP) is 2.32. The highest BCUT2D eigenvalue weighted by molar-refractivity contribution is 5.74. The van der Waals surface area contributed by atoms with E-state index in [0.717, 1.165) is 18.4 Å². The first kappa shape index (κ1) is 15.1. The smallest absolute Gasteiger partial charge is 0.317 e. The highest BCUT2D eigenvalue weighted by Crippen LogP contribution is 2.48. The second-order valence-corrected chi connectivity index (χ2v) is 6.60. The van der Waals surface area contributed by atoms with Crippen molar-refractivity contribution in [1.82, 2.24) is 10.2 Å². The minimum absolute atomic E-state index is 0.0781. The molecule has 0 radical (unpaired) electrons. The van der Waals surface area contributed by atoms with Crippen LogP contribution in [-0.2, 0) is 4.79 Å². The molecule has 0 aromatic heterocycles. The van der Waals surface area contributed by atoms with Gasteiger partial charge in [0.15, 0.2) is 0 Å². The van der Waals surface area contributed by atoms with Gasteiger partial charge in [-0.3, -0.25) is 4.79 Å². The van der Waals surface area contributed by atoms with E-state index in [1.54, 1.807) is 4.90 Å². The van der Waals surface area contributed by atoms with Gasteiger partial charge < -0.3 is 15.3 Å². The fourth-order valence-electron chi connectivity index (χ4n) is 3.77. The zero-order valence-corrected chi connectivity index (χ0v) is 12.5. The quantitative estimate of drug-likeness (QED) is 0.785. The number of hydrogen-bond acceptors (Lipinski definition) is 2. The van der Waals surface area contributed by atoms with Crippen LogP contribution in [0.4, 0.5) is 4.79 Å². The van der Waals surface area contributed by atoms with Crippen molar-refractivity contribution in [2.75, 3.05) is 13.6 Å². The molecule has 2 aliphatic carbocycles. The van der Waals surface area contributed by atoms with Crippen LogP contribution in [-0.4, -0.2) is 41.6 Å². The van der Waals surface area contributed by atoms with Crippen molar-refractivity contribution in [2.45, 2.75) is 51.5 Å². The fourth-order valence-corrected chi connectivity index (χ4v) is 3.77. The molecule has 0 spiro atoms. The average Bonchev–Trinajstić information content (AvgIpc) is 2.98. The van der Waals surface area contributed by atoms with Crippen molar-refractivity contribution in [3.63, 3.8) is 0 Å². The molecule has 4 atom stereocenters. The molecular weight excluding hydrogens is 256 g/mol. The molecule has 2 bridgehead atoms. The van der Waals surface area contributed by atoms with Crippen LogP contribution in [0.25, 0.3) is 0 Å². The summed E-state index contributed by atoms with van der Waals surface area (Å²) in [6.07, 6.45) is 5.91. The molecule has 0 saturated heterocycles. The van der Waals surface area contributed by atoms with Crippen molar-refractivity contribution in [2.24, 2.45) is 17.8 Å². The van der Waals surface area contributed by atoms with Crippen molar-refractivity contribution in [3.05, 3.63) is 0 Å². The molecule has 5 heteroatoms. The normalized spacial score (nSPS) is 29.2. The number of nitrogens with zero attached hydrogens (tertiary/aromatic N) is 1. The summed E-state index contributed by atoms with van der Waals surface area (Å²) < 4.78 is 0. The van der Waals surface area contributed by atoms with E-state index >= 15 is 0 Å². The highest BCUT2D eigenvalue weighted by Gasteiger charge is 2.40. The number of carbonyl (C=O) groups is 2. The number of carboxylic acid groups (broad SMARTS) is 1. The van der Waals surface area contributed by atoms with Crippen molar-refractivity contribution >= 4 is 12.0 Å². The first-order valence-corrected chi connectivity index (χ1v) is 7.69. The van der Waals surface area contributed by atoms with Crippen LogP contribution >= 0.6 is 0 Å². The van der Waals surface area contributed by atoms with E-state index in [1.807, 2.05) is 14.0 Å². The molecule has 2 N–H and O–H groups in total. The molecule has 4 unspecified atom stereocenters. The van der Waals surface area contributed by atoms with Crippen LogP contribution in [0.3, 0.4) is 0 Å². The topological polar surface area (TPSA) is 69.6 Å². The number of carboxylic acids is 1. The molecule has 5 nitrogen and oxygen atoms in total. The average molecular weight is 282 g/mol. The van der Waals surface area contributed by atoms with E-state index < -0.39 is 5.97 Å². The Labute approximate surface area is 120 Å². The third-order valence-corrected chi connectivity index (χ3v) is 4.90. The summed E-state index contributed by atoms with van der Waals surface area (Å²) in [4.78, 5) is 24.3. The number of nitrogens with one attached hydrogen (secondary N) is 1. The van der Waals surface area contributed by atoms with Gasteiger partial charge in [0, 0.05) is 26.1 Å².